The van der Waals surface area contributed by atoms with Crippen LogP contribution in [0.5, 0.6) is 0 Å². The maximum absolute atomic E-state index is 6.52. The van der Waals surface area contributed by atoms with E-state index in [1.54, 1.807) is 0 Å². The lowest BCUT2D eigenvalue weighted by molar-refractivity contribution is 0.623. The van der Waals surface area contributed by atoms with Gasteiger partial charge in [0.25, 0.3) is 0 Å². The molecule has 2 heterocycles. The lowest BCUT2D eigenvalue weighted by atomic mass is 9.99. The van der Waals surface area contributed by atoms with E-state index in [0.29, 0.717) is 5.89 Å². The largest absolute Gasteiger partial charge is 0.435 e. The molecule has 0 bridgehead atoms. The second kappa shape index (κ2) is 13.6. The number of anilines is 3. The highest BCUT2D eigenvalue weighted by molar-refractivity contribution is 6.11. The summed E-state index contributed by atoms with van der Waals surface area (Å²) >= 11 is 0. The van der Waals surface area contributed by atoms with Crippen molar-refractivity contribution in [1.29, 1.82) is 0 Å². The molecule has 11 aromatic rings. The maximum atomic E-state index is 6.52. The molecule has 0 saturated heterocycles. The highest BCUT2D eigenvalue weighted by Gasteiger charge is 2.19. The smallest absolute Gasteiger partial charge is 0.227 e. The van der Waals surface area contributed by atoms with Gasteiger partial charge in [0.15, 0.2) is 5.58 Å². The number of rotatable bonds is 7. The summed E-state index contributed by atoms with van der Waals surface area (Å²) in [5, 5.41) is 4.67. The minimum absolute atomic E-state index is 0.619. The van der Waals surface area contributed by atoms with E-state index in [-0.39, 0.29) is 0 Å². The molecule has 2 aromatic heterocycles. The van der Waals surface area contributed by atoms with Crippen molar-refractivity contribution in [1.82, 2.24) is 9.55 Å². The molecule has 0 aliphatic carbocycles. The van der Waals surface area contributed by atoms with E-state index < -0.39 is 0 Å². The van der Waals surface area contributed by atoms with Gasteiger partial charge in [-0.05, 0) is 101 Å². The van der Waals surface area contributed by atoms with Crippen molar-refractivity contribution in [2.75, 3.05) is 4.90 Å². The molecule has 0 N–H and O–H groups in total. The lowest BCUT2D eigenvalue weighted by Crippen LogP contribution is -2.10. The molecule has 4 heteroatoms. The van der Waals surface area contributed by atoms with Crippen molar-refractivity contribution >= 4 is 60.7 Å². The van der Waals surface area contributed by atoms with E-state index >= 15 is 0 Å². The molecule has 11 rings (SSSR count). The van der Waals surface area contributed by atoms with Gasteiger partial charge < -0.3 is 13.9 Å². The van der Waals surface area contributed by atoms with Gasteiger partial charge in [-0.3, -0.25) is 0 Å². The Morgan fingerprint density at radius 2 is 0.965 bits per heavy atom. The molecule has 268 valence electrons. The molecule has 0 aliphatic heterocycles. The van der Waals surface area contributed by atoms with Gasteiger partial charge in [0.05, 0.1) is 11.0 Å². The first-order valence-corrected chi connectivity index (χ1v) is 19.3. The molecule has 0 radical (unpaired) electrons. The quantitative estimate of drug-likeness (QED) is 0.164. The average Bonchev–Trinajstić information content (AvgIpc) is 3.89. The van der Waals surface area contributed by atoms with Crippen LogP contribution >= 0.6 is 0 Å². The summed E-state index contributed by atoms with van der Waals surface area (Å²) in [6.07, 6.45) is 0. The third-order valence-electron chi connectivity index (χ3n) is 11.0. The number of oxazole rings is 1. The van der Waals surface area contributed by atoms with Gasteiger partial charge >= 0.3 is 0 Å². The minimum Gasteiger partial charge on any atom is -0.435 e. The highest BCUT2D eigenvalue weighted by atomic mass is 16.3. The summed E-state index contributed by atoms with van der Waals surface area (Å²) in [5.74, 6) is 0.619. The predicted octanol–water partition coefficient (Wildman–Crippen LogP) is 14.5. The molecule has 0 atom stereocenters. The zero-order valence-electron chi connectivity index (χ0n) is 31.0. The summed E-state index contributed by atoms with van der Waals surface area (Å²) in [6.45, 7) is 0. The molecular weight excluding hydrogens is 695 g/mol. The van der Waals surface area contributed by atoms with E-state index in [0.717, 1.165) is 66.9 Å². The molecule has 0 spiro atoms. The van der Waals surface area contributed by atoms with Crippen LogP contribution in [0.15, 0.2) is 217 Å². The minimum atomic E-state index is 0.619. The second-order valence-corrected chi connectivity index (χ2v) is 14.4. The number of nitrogens with zero attached hydrogens (tertiary/aromatic N) is 3. The third-order valence-corrected chi connectivity index (χ3v) is 11.0. The van der Waals surface area contributed by atoms with Crippen LogP contribution in [0.2, 0.25) is 0 Å². The summed E-state index contributed by atoms with van der Waals surface area (Å²) in [4.78, 5) is 7.43. The summed E-state index contributed by atoms with van der Waals surface area (Å²) in [5.41, 5.74) is 13.8. The topological polar surface area (TPSA) is 34.2 Å². The lowest BCUT2D eigenvalue weighted by Gasteiger charge is -2.26. The van der Waals surface area contributed by atoms with Crippen LogP contribution < -0.4 is 4.90 Å². The average molecular weight is 730 g/mol. The van der Waals surface area contributed by atoms with Gasteiger partial charge in [0.1, 0.15) is 5.52 Å². The maximum Gasteiger partial charge on any atom is 0.227 e. The number of hydrogen-bond acceptors (Lipinski definition) is 3. The Hall–Kier alpha value is -7.69. The van der Waals surface area contributed by atoms with Gasteiger partial charge in [-0.1, -0.05) is 133 Å². The molecule has 0 amide bonds. The molecule has 9 aromatic carbocycles. The molecule has 4 nitrogen and oxygen atoms in total. The van der Waals surface area contributed by atoms with Gasteiger partial charge in [0.2, 0.25) is 5.89 Å². The van der Waals surface area contributed by atoms with E-state index in [2.05, 4.69) is 191 Å². The molecule has 0 saturated carbocycles. The fourth-order valence-corrected chi connectivity index (χ4v) is 8.31. The van der Waals surface area contributed by atoms with E-state index in [1.807, 2.05) is 30.3 Å². The number of para-hydroxylation sites is 2. The zero-order chi connectivity index (χ0) is 37.7. The van der Waals surface area contributed by atoms with Crippen molar-refractivity contribution in [3.05, 3.63) is 212 Å². The predicted molar refractivity (Wildman–Crippen MR) is 237 cm³/mol. The fraction of sp³-hybridized carbons (Fsp3) is 0. The first kappa shape index (κ1) is 32.7. The first-order valence-electron chi connectivity index (χ1n) is 19.3. The summed E-state index contributed by atoms with van der Waals surface area (Å²) in [7, 11) is 0. The van der Waals surface area contributed by atoms with Crippen molar-refractivity contribution in [3.63, 3.8) is 0 Å². The van der Waals surface area contributed by atoms with E-state index in [1.165, 1.54) is 27.4 Å². The van der Waals surface area contributed by atoms with Crippen molar-refractivity contribution < 1.29 is 4.42 Å². The number of aromatic nitrogens is 2. The fourth-order valence-electron chi connectivity index (χ4n) is 8.31. The van der Waals surface area contributed by atoms with E-state index in [9.17, 15) is 0 Å². The van der Waals surface area contributed by atoms with Gasteiger partial charge in [-0.25, -0.2) is 4.98 Å². The molecule has 0 unspecified atom stereocenters. The van der Waals surface area contributed by atoms with Crippen LogP contribution in [0.3, 0.4) is 0 Å². The number of benzene rings is 9. The Bertz CT molecular complexity index is 3160. The van der Waals surface area contributed by atoms with Crippen LogP contribution in [0.25, 0.3) is 83.1 Å². The second-order valence-electron chi connectivity index (χ2n) is 14.4. The van der Waals surface area contributed by atoms with Gasteiger partial charge in [-0.15, -0.1) is 0 Å². The van der Waals surface area contributed by atoms with Crippen LogP contribution in [0.1, 0.15) is 0 Å². The number of hydrogen-bond donors (Lipinski definition) is 0. The summed E-state index contributed by atoms with van der Waals surface area (Å²) < 4.78 is 8.88. The van der Waals surface area contributed by atoms with Crippen molar-refractivity contribution in [3.8, 4) is 39.4 Å². The molecule has 57 heavy (non-hydrogen) atoms. The van der Waals surface area contributed by atoms with Crippen LogP contribution in [0, 0.1) is 0 Å². The first-order chi connectivity index (χ1) is 28.3. The molecule has 0 aliphatic rings. The van der Waals surface area contributed by atoms with Crippen molar-refractivity contribution in [2.45, 2.75) is 0 Å². The Morgan fingerprint density at radius 1 is 0.404 bits per heavy atom. The highest BCUT2D eigenvalue weighted by Crippen LogP contribution is 2.41. The zero-order valence-corrected chi connectivity index (χ0v) is 31.0. The third kappa shape index (κ3) is 5.66. The Kier molecular flexibility index (Phi) is 7.78. The van der Waals surface area contributed by atoms with Crippen molar-refractivity contribution in [2.24, 2.45) is 0 Å². The van der Waals surface area contributed by atoms with Crippen LogP contribution in [-0.4, -0.2) is 9.55 Å². The van der Waals surface area contributed by atoms with E-state index in [4.69, 9.17) is 9.40 Å². The van der Waals surface area contributed by atoms with Gasteiger partial charge in [-0.2, -0.15) is 0 Å². The van der Waals surface area contributed by atoms with Crippen LogP contribution in [0.4, 0.5) is 17.1 Å². The Labute approximate surface area is 330 Å². The standard InChI is InChI=1S/C53H35N3O/c1-3-14-36(15-4-1)39-19-13-20-44(34-39)55(42-30-32-43(33-31-42)56-49-24-11-9-22-46(49)47-23-10-12-25-50(47)56)41-28-26-37(27-29-41)48-35-40-18-7-8-21-45(40)52-51(48)54-53(57-52)38-16-5-2-6-17-38/h1-35H. The Balaban J connectivity index is 1.04. The monoisotopic (exact) mass is 729 g/mol. The summed E-state index contributed by atoms with van der Waals surface area (Å²) in [6, 6.07) is 75.1. The molecular formula is C53H35N3O. The van der Waals surface area contributed by atoms with Gasteiger partial charge in [0, 0.05) is 50.0 Å². The normalized spacial score (nSPS) is 11.5. The van der Waals surface area contributed by atoms with Crippen LogP contribution in [-0.2, 0) is 0 Å². The molecule has 0 fully saturated rings. The number of fused-ring (bicyclic) bond motifs is 6. The SMILES string of the molecule is c1ccc(-c2cccc(N(c3ccc(-c4cc5ccccc5c5oc(-c6ccccc6)nc45)cc3)c3ccc(-n4c5ccccc5c5ccccc54)cc3)c2)cc1. The Morgan fingerprint density at radius 3 is 1.65 bits per heavy atom.